The SMILES string of the molecule is C[C@@H]1Cc2ccsc2[C@@H](C)N1CCNC(=O)c1ccc(N)cc1. The number of nitrogens with one attached hydrogen (secondary N) is 1. The van der Waals surface area contributed by atoms with Crippen molar-refractivity contribution < 1.29 is 4.79 Å². The van der Waals surface area contributed by atoms with Crippen LogP contribution in [0.2, 0.25) is 0 Å². The largest absolute Gasteiger partial charge is 0.399 e. The monoisotopic (exact) mass is 329 g/mol. The Morgan fingerprint density at radius 2 is 2.04 bits per heavy atom. The minimum Gasteiger partial charge on any atom is -0.399 e. The van der Waals surface area contributed by atoms with Gasteiger partial charge in [-0.15, -0.1) is 11.3 Å². The van der Waals surface area contributed by atoms with Gasteiger partial charge in [0.1, 0.15) is 0 Å². The molecular formula is C18H23N3OS. The Kier molecular flexibility index (Phi) is 4.68. The molecule has 1 aromatic carbocycles. The number of carbonyl (C=O) groups excluding carboxylic acids is 1. The molecule has 0 saturated heterocycles. The minimum absolute atomic E-state index is 0.0425. The van der Waals surface area contributed by atoms with Gasteiger partial charge in [0.15, 0.2) is 0 Å². The lowest BCUT2D eigenvalue weighted by atomic mass is 9.97. The summed E-state index contributed by atoms with van der Waals surface area (Å²) in [6, 6.07) is 10.2. The molecule has 2 atom stereocenters. The van der Waals surface area contributed by atoms with E-state index in [1.54, 1.807) is 24.3 Å². The molecule has 23 heavy (non-hydrogen) atoms. The lowest BCUT2D eigenvalue weighted by molar-refractivity contribution is 0.0930. The van der Waals surface area contributed by atoms with E-state index in [0.29, 0.717) is 29.9 Å². The van der Waals surface area contributed by atoms with Gasteiger partial charge in [-0.25, -0.2) is 0 Å². The van der Waals surface area contributed by atoms with Crippen LogP contribution in [0, 0.1) is 0 Å². The van der Waals surface area contributed by atoms with E-state index in [9.17, 15) is 4.79 Å². The first-order valence-corrected chi connectivity index (χ1v) is 8.90. The van der Waals surface area contributed by atoms with E-state index in [1.165, 1.54) is 10.4 Å². The van der Waals surface area contributed by atoms with Crippen molar-refractivity contribution in [1.29, 1.82) is 0 Å². The molecule has 1 aliphatic rings. The van der Waals surface area contributed by atoms with Crippen molar-refractivity contribution in [2.45, 2.75) is 32.4 Å². The van der Waals surface area contributed by atoms with Gasteiger partial charge in [0.25, 0.3) is 5.91 Å². The molecule has 122 valence electrons. The maximum atomic E-state index is 12.1. The predicted molar refractivity (Wildman–Crippen MR) is 95.8 cm³/mol. The molecule has 1 amide bonds. The zero-order chi connectivity index (χ0) is 16.4. The molecule has 3 rings (SSSR count). The maximum Gasteiger partial charge on any atom is 0.251 e. The maximum absolute atomic E-state index is 12.1. The van der Waals surface area contributed by atoms with E-state index in [-0.39, 0.29) is 5.91 Å². The van der Waals surface area contributed by atoms with Crippen LogP contribution in [-0.4, -0.2) is 29.9 Å². The number of thiophene rings is 1. The Balaban J connectivity index is 1.56. The minimum atomic E-state index is -0.0425. The third-order valence-corrected chi connectivity index (χ3v) is 5.70. The zero-order valence-corrected chi connectivity index (χ0v) is 14.4. The van der Waals surface area contributed by atoms with Gasteiger partial charge in [-0.3, -0.25) is 9.69 Å². The second kappa shape index (κ2) is 6.72. The van der Waals surface area contributed by atoms with Crippen molar-refractivity contribution in [3.8, 4) is 0 Å². The molecule has 1 aliphatic heterocycles. The number of benzene rings is 1. The summed E-state index contributed by atoms with van der Waals surface area (Å²) in [5, 5.41) is 5.19. The first kappa shape index (κ1) is 16.0. The third kappa shape index (κ3) is 3.41. The molecule has 0 bridgehead atoms. The quantitative estimate of drug-likeness (QED) is 0.848. The number of hydrogen-bond acceptors (Lipinski definition) is 4. The van der Waals surface area contributed by atoms with Gasteiger partial charge < -0.3 is 11.1 Å². The van der Waals surface area contributed by atoms with E-state index in [0.717, 1.165) is 13.0 Å². The van der Waals surface area contributed by atoms with Crippen LogP contribution in [0.25, 0.3) is 0 Å². The lowest BCUT2D eigenvalue weighted by Crippen LogP contribution is -2.44. The Labute approximate surface area is 141 Å². The summed E-state index contributed by atoms with van der Waals surface area (Å²) in [4.78, 5) is 16.1. The third-order valence-electron chi connectivity index (χ3n) is 4.57. The van der Waals surface area contributed by atoms with Gasteiger partial charge in [-0.2, -0.15) is 0 Å². The number of nitrogens with zero attached hydrogens (tertiary/aromatic N) is 1. The van der Waals surface area contributed by atoms with Crippen LogP contribution in [-0.2, 0) is 6.42 Å². The highest BCUT2D eigenvalue weighted by Crippen LogP contribution is 2.35. The number of amides is 1. The number of nitrogens with two attached hydrogens (primary N) is 1. The van der Waals surface area contributed by atoms with Crippen molar-refractivity contribution in [2.24, 2.45) is 0 Å². The van der Waals surface area contributed by atoms with Crippen molar-refractivity contribution in [2.75, 3.05) is 18.8 Å². The molecule has 3 N–H and O–H groups in total. The number of carbonyl (C=O) groups is 1. The summed E-state index contributed by atoms with van der Waals surface area (Å²) in [6.45, 7) is 6.03. The molecule has 2 heterocycles. The number of anilines is 1. The fraction of sp³-hybridized carbons (Fsp3) is 0.389. The number of fused-ring (bicyclic) bond motifs is 1. The summed E-state index contributed by atoms with van der Waals surface area (Å²) in [6.07, 6.45) is 1.09. The topological polar surface area (TPSA) is 58.4 Å². The van der Waals surface area contributed by atoms with Gasteiger partial charge in [0, 0.05) is 41.3 Å². The predicted octanol–water partition coefficient (Wildman–Crippen LogP) is 3.07. The fourth-order valence-electron chi connectivity index (χ4n) is 3.30. The van der Waals surface area contributed by atoms with Crippen molar-refractivity contribution >= 4 is 22.9 Å². The van der Waals surface area contributed by atoms with Gasteiger partial charge in [0.05, 0.1) is 0 Å². The normalized spacial score (nSPS) is 21.0. The van der Waals surface area contributed by atoms with Crippen molar-refractivity contribution in [3.05, 3.63) is 51.7 Å². The summed E-state index contributed by atoms with van der Waals surface area (Å²) < 4.78 is 0. The highest BCUT2D eigenvalue weighted by molar-refractivity contribution is 7.10. The summed E-state index contributed by atoms with van der Waals surface area (Å²) in [7, 11) is 0. The van der Waals surface area contributed by atoms with Crippen LogP contribution in [0.15, 0.2) is 35.7 Å². The van der Waals surface area contributed by atoms with Gasteiger partial charge >= 0.3 is 0 Å². The van der Waals surface area contributed by atoms with E-state index in [4.69, 9.17) is 5.73 Å². The molecule has 5 heteroatoms. The van der Waals surface area contributed by atoms with Crippen LogP contribution in [0.1, 0.15) is 40.7 Å². The van der Waals surface area contributed by atoms with Crippen LogP contribution in [0.3, 0.4) is 0 Å². The van der Waals surface area contributed by atoms with Crippen LogP contribution < -0.4 is 11.1 Å². The zero-order valence-electron chi connectivity index (χ0n) is 13.6. The van der Waals surface area contributed by atoms with Gasteiger partial charge in [-0.05, 0) is 61.5 Å². The standard InChI is InChI=1S/C18H23N3OS/c1-12-11-15-7-10-23-17(15)13(2)21(12)9-8-20-18(22)14-3-5-16(19)6-4-14/h3-7,10,12-13H,8-9,11,19H2,1-2H3,(H,20,22)/t12-,13-/m1/s1. The Morgan fingerprint density at radius 1 is 1.30 bits per heavy atom. The van der Waals surface area contributed by atoms with E-state index < -0.39 is 0 Å². The number of nitrogen functional groups attached to an aromatic ring is 1. The second-order valence-corrected chi connectivity index (χ2v) is 7.10. The second-order valence-electron chi connectivity index (χ2n) is 6.15. The average molecular weight is 329 g/mol. The molecule has 1 aromatic heterocycles. The summed E-state index contributed by atoms with van der Waals surface area (Å²) >= 11 is 1.84. The highest BCUT2D eigenvalue weighted by Gasteiger charge is 2.29. The molecule has 2 aromatic rings. The van der Waals surface area contributed by atoms with E-state index >= 15 is 0 Å². The van der Waals surface area contributed by atoms with E-state index in [2.05, 4.69) is 35.5 Å². The number of rotatable bonds is 4. The van der Waals surface area contributed by atoms with Crippen molar-refractivity contribution in [1.82, 2.24) is 10.2 Å². The van der Waals surface area contributed by atoms with Crippen LogP contribution in [0.4, 0.5) is 5.69 Å². The van der Waals surface area contributed by atoms with Gasteiger partial charge in [-0.1, -0.05) is 0 Å². The van der Waals surface area contributed by atoms with Crippen molar-refractivity contribution in [3.63, 3.8) is 0 Å². The summed E-state index contributed by atoms with van der Waals surface area (Å²) in [5.41, 5.74) is 8.45. The first-order chi connectivity index (χ1) is 11.1. The van der Waals surface area contributed by atoms with Crippen LogP contribution in [0.5, 0.6) is 0 Å². The molecule has 0 saturated carbocycles. The highest BCUT2D eigenvalue weighted by atomic mass is 32.1. The summed E-state index contributed by atoms with van der Waals surface area (Å²) in [5.74, 6) is -0.0425. The van der Waals surface area contributed by atoms with E-state index in [1.807, 2.05) is 11.3 Å². The molecule has 0 aliphatic carbocycles. The average Bonchev–Trinajstić information content (AvgIpc) is 2.99. The van der Waals surface area contributed by atoms with Gasteiger partial charge in [0.2, 0.25) is 0 Å². The molecule has 4 nitrogen and oxygen atoms in total. The van der Waals surface area contributed by atoms with Crippen LogP contribution >= 0.6 is 11.3 Å². The molecule has 0 unspecified atom stereocenters. The molecule has 0 radical (unpaired) electrons. The number of hydrogen-bond donors (Lipinski definition) is 2. The Morgan fingerprint density at radius 3 is 2.78 bits per heavy atom. The molecule has 0 spiro atoms. The molecule has 0 fully saturated rings. The Hall–Kier alpha value is -1.85. The fourth-order valence-corrected chi connectivity index (χ4v) is 4.31. The lowest BCUT2D eigenvalue weighted by Gasteiger charge is -2.38. The first-order valence-electron chi connectivity index (χ1n) is 8.02. The Bertz CT molecular complexity index is 680. The molecular weight excluding hydrogens is 306 g/mol. The smallest absolute Gasteiger partial charge is 0.251 e.